The van der Waals surface area contributed by atoms with Crippen LogP contribution in [0.15, 0.2) is 24.3 Å². The molecule has 0 saturated heterocycles. The van der Waals surface area contributed by atoms with Crippen LogP contribution in [0, 0.1) is 17.7 Å². The number of para-hydroxylation sites is 1. The molecule has 0 aliphatic carbocycles. The molecule has 1 atom stereocenters. The lowest BCUT2D eigenvalue weighted by Gasteiger charge is -2.09. The van der Waals surface area contributed by atoms with Gasteiger partial charge in [0.05, 0.1) is 11.6 Å². The molecule has 1 N–H and O–H groups in total. The lowest BCUT2D eigenvalue weighted by Crippen LogP contribution is -2.19. The van der Waals surface area contributed by atoms with Crippen molar-refractivity contribution in [2.45, 2.75) is 13.0 Å². The molecule has 1 amide bonds. The smallest absolute Gasteiger partial charge is 0.412 e. The molecule has 0 bridgehead atoms. The van der Waals surface area contributed by atoms with Gasteiger partial charge in [0.1, 0.15) is 5.82 Å². The van der Waals surface area contributed by atoms with Crippen LogP contribution in [0.25, 0.3) is 0 Å². The second-order valence-corrected chi connectivity index (χ2v) is 3.37. The highest BCUT2D eigenvalue weighted by Crippen LogP contribution is 2.12. The first kappa shape index (κ1) is 13.3. The molecular weight excluding hydrogens is 245 g/mol. The van der Waals surface area contributed by atoms with Crippen LogP contribution in [-0.2, 0) is 4.74 Å². The van der Waals surface area contributed by atoms with Gasteiger partial charge in [-0.1, -0.05) is 24.0 Å². The number of nitrogens with one attached hydrogen (secondary N) is 1. The van der Waals surface area contributed by atoms with Gasteiger partial charge in [0.2, 0.25) is 0 Å². The van der Waals surface area contributed by atoms with Crippen molar-refractivity contribution in [1.82, 2.24) is 0 Å². The van der Waals surface area contributed by atoms with E-state index in [9.17, 15) is 9.18 Å². The van der Waals surface area contributed by atoms with Gasteiger partial charge in [-0.2, -0.15) is 0 Å². The van der Waals surface area contributed by atoms with Crippen molar-refractivity contribution < 1.29 is 13.9 Å². The van der Waals surface area contributed by atoms with Crippen LogP contribution < -0.4 is 5.32 Å². The standard InChI is InChI=1S/C12H11ClFNO2/c1-9(5-4-8-13)17-12(16)15-11-7-3-2-6-10(11)14/h2-3,6-7,9H,8H2,1H3,(H,15,16). The van der Waals surface area contributed by atoms with Gasteiger partial charge in [-0.25, -0.2) is 9.18 Å². The summed E-state index contributed by atoms with van der Waals surface area (Å²) in [6.45, 7) is 1.60. The van der Waals surface area contributed by atoms with E-state index >= 15 is 0 Å². The summed E-state index contributed by atoms with van der Waals surface area (Å²) < 4.78 is 18.0. The molecule has 3 nitrogen and oxygen atoms in total. The number of ether oxygens (including phenoxy) is 1. The second-order valence-electron chi connectivity index (χ2n) is 3.11. The summed E-state index contributed by atoms with van der Waals surface area (Å²) in [6.07, 6.45) is -1.35. The zero-order valence-corrected chi connectivity index (χ0v) is 9.92. The Hall–Kier alpha value is -1.73. The van der Waals surface area contributed by atoms with Crippen molar-refractivity contribution in [2.24, 2.45) is 0 Å². The molecule has 0 spiro atoms. The minimum absolute atomic E-state index is 0.0648. The number of rotatable bonds is 2. The maximum atomic E-state index is 13.2. The largest absolute Gasteiger partial charge is 0.433 e. The highest BCUT2D eigenvalue weighted by Gasteiger charge is 2.09. The van der Waals surface area contributed by atoms with Crippen molar-refractivity contribution in [3.05, 3.63) is 30.1 Å². The third kappa shape index (κ3) is 4.75. The summed E-state index contributed by atoms with van der Waals surface area (Å²) in [5, 5.41) is 2.28. The first-order valence-corrected chi connectivity index (χ1v) is 5.43. The van der Waals surface area contributed by atoms with E-state index < -0.39 is 18.0 Å². The molecule has 1 rings (SSSR count). The van der Waals surface area contributed by atoms with E-state index in [0.717, 1.165) is 0 Å². The molecule has 0 heterocycles. The average Bonchev–Trinajstić information content (AvgIpc) is 2.29. The number of carbonyl (C=O) groups is 1. The Balaban J connectivity index is 2.53. The molecule has 17 heavy (non-hydrogen) atoms. The predicted octanol–water partition coefficient (Wildman–Crippen LogP) is 3.00. The molecule has 0 aliphatic rings. The molecule has 0 fully saturated rings. The van der Waals surface area contributed by atoms with Crippen LogP contribution in [0.5, 0.6) is 0 Å². The summed E-state index contributed by atoms with van der Waals surface area (Å²) in [5.74, 6) is 4.81. The van der Waals surface area contributed by atoms with Gasteiger partial charge in [0.15, 0.2) is 6.10 Å². The SMILES string of the molecule is CC(C#CCCl)OC(=O)Nc1ccccc1F. The zero-order chi connectivity index (χ0) is 12.7. The predicted molar refractivity (Wildman–Crippen MR) is 64.5 cm³/mol. The molecule has 1 aromatic rings. The average molecular weight is 256 g/mol. The maximum Gasteiger partial charge on any atom is 0.412 e. The van der Waals surface area contributed by atoms with Crippen molar-refractivity contribution in [3.8, 4) is 11.8 Å². The summed E-state index contributed by atoms with van der Waals surface area (Å²) in [5.41, 5.74) is 0.0648. The van der Waals surface area contributed by atoms with Crippen LogP contribution in [-0.4, -0.2) is 18.1 Å². The van der Waals surface area contributed by atoms with Crippen molar-refractivity contribution in [1.29, 1.82) is 0 Å². The van der Waals surface area contributed by atoms with Gasteiger partial charge in [-0.15, -0.1) is 11.6 Å². The van der Waals surface area contributed by atoms with Gasteiger partial charge in [-0.05, 0) is 19.1 Å². The minimum atomic E-state index is -0.758. The lowest BCUT2D eigenvalue weighted by molar-refractivity contribution is 0.145. The second kappa shape index (κ2) is 6.77. The Morgan fingerprint density at radius 1 is 1.59 bits per heavy atom. The van der Waals surface area contributed by atoms with Gasteiger partial charge in [0, 0.05) is 0 Å². The Bertz CT molecular complexity index is 453. The van der Waals surface area contributed by atoms with Crippen LogP contribution in [0.1, 0.15) is 6.92 Å². The Labute approximate surface area is 104 Å². The quantitative estimate of drug-likeness (QED) is 0.652. The van der Waals surface area contributed by atoms with E-state index in [1.807, 2.05) is 0 Å². The lowest BCUT2D eigenvalue weighted by atomic mass is 10.3. The zero-order valence-electron chi connectivity index (χ0n) is 9.17. The fourth-order valence-corrected chi connectivity index (χ4v) is 1.15. The molecule has 90 valence electrons. The van der Waals surface area contributed by atoms with E-state index in [-0.39, 0.29) is 11.6 Å². The molecular formula is C12H11ClFNO2. The fourth-order valence-electron chi connectivity index (χ4n) is 1.07. The first-order valence-electron chi connectivity index (χ1n) is 4.90. The molecule has 5 heteroatoms. The van der Waals surface area contributed by atoms with Crippen molar-refractivity contribution in [3.63, 3.8) is 0 Å². The molecule has 0 aromatic heterocycles. The van der Waals surface area contributed by atoms with Gasteiger partial charge < -0.3 is 4.74 Å². The third-order valence-corrected chi connectivity index (χ3v) is 1.90. The molecule has 0 aliphatic heterocycles. The first-order chi connectivity index (χ1) is 8.13. The Kier molecular flexibility index (Phi) is 5.31. The normalized spacial score (nSPS) is 11.0. The highest BCUT2D eigenvalue weighted by atomic mass is 35.5. The summed E-state index contributed by atoms with van der Waals surface area (Å²) >= 11 is 5.35. The number of carbonyl (C=O) groups excluding carboxylic acids is 1. The van der Waals surface area contributed by atoms with Gasteiger partial charge in [0.25, 0.3) is 0 Å². The Morgan fingerprint density at radius 2 is 2.29 bits per heavy atom. The number of amides is 1. The van der Waals surface area contributed by atoms with Crippen LogP contribution >= 0.6 is 11.6 Å². The molecule has 0 saturated carbocycles. The number of anilines is 1. The molecule has 1 unspecified atom stereocenters. The Morgan fingerprint density at radius 3 is 2.94 bits per heavy atom. The van der Waals surface area contributed by atoms with Crippen molar-refractivity contribution >= 4 is 23.4 Å². The fraction of sp³-hybridized carbons (Fsp3) is 0.250. The van der Waals surface area contributed by atoms with E-state index in [1.54, 1.807) is 13.0 Å². The topological polar surface area (TPSA) is 38.3 Å². The number of hydrogen-bond donors (Lipinski definition) is 1. The maximum absolute atomic E-state index is 13.2. The van der Waals surface area contributed by atoms with Crippen LogP contribution in [0.3, 0.4) is 0 Å². The monoisotopic (exact) mass is 255 g/mol. The van der Waals surface area contributed by atoms with E-state index in [4.69, 9.17) is 16.3 Å². The minimum Gasteiger partial charge on any atom is -0.433 e. The van der Waals surface area contributed by atoms with Crippen molar-refractivity contribution in [2.75, 3.05) is 11.2 Å². The summed E-state index contributed by atoms with van der Waals surface area (Å²) in [6, 6.07) is 5.81. The van der Waals surface area contributed by atoms with Gasteiger partial charge >= 0.3 is 6.09 Å². The summed E-state index contributed by atoms with van der Waals surface area (Å²) in [7, 11) is 0. The van der Waals surface area contributed by atoms with Crippen LogP contribution in [0.2, 0.25) is 0 Å². The number of halogens is 2. The number of benzene rings is 1. The number of hydrogen-bond acceptors (Lipinski definition) is 2. The summed E-state index contributed by atoms with van der Waals surface area (Å²) in [4.78, 5) is 11.3. The van der Waals surface area contributed by atoms with Gasteiger partial charge in [-0.3, -0.25) is 5.32 Å². The molecule has 1 aromatic carbocycles. The van der Waals surface area contributed by atoms with E-state index in [1.165, 1.54) is 18.2 Å². The van der Waals surface area contributed by atoms with E-state index in [0.29, 0.717) is 0 Å². The van der Waals surface area contributed by atoms with E-state index in [2.05, 4.69) is 17.2 Å². The third-order valence-electron chi connectivity index (χ3n) is 1.77. The number of alkyl halides is 1. The highest BCUT2D eigenvalue weighted by molar-refractivity contribution is 6.19. The van der Waals surface area contributed by atoms with Crippen LogP contribution in [0.4, 0.5) is 14.9 Å². The molecule has 0 radical (unpaired) electrons.